The van der Waals surface area contributed by atoms with Crippen LogP contribution in [0.15, 0.2) is 54.6 Å². The third-order valence-corrected chi connectivity index (χ3v) is 5.67. The lowest BCUT2D eigenvalue weighted by Crippen LogP contribution is -2.33. The number of hydrogen-bond donors (Lipinski definition) is 2. The van der Waals surface area contributed by atoms with Gasteiger partial charge in [0.15, 0.2) is 0 Å². The van der Waals surface area contributed by atoms with Crippen molar-refractivity contribution in [2.24, 2.45) is 0 Å². The zero-order valence-corrected chi connectivity index (χ0v) is 16.7. The lowest BCUT2D eigenvalue weighted by Gasteiger charge is -2.32. The average molecular weight is 394 g/mol. The molecule has 2 N–H and O–H groups in total. The fourth-order valence-electron chi connectivity index (χ4n) is 3.83. The molecule has 6 nitrogen and oxygen atoms in total. The standard InChI is InChI=1S/C23H26N2O4/c1-28-19-7-3-16(4-8-19)21-15-22(23(27)13-11-18(26)12-14-23)24-25(21)17-5-9-20(29-2)10-6-17/h3-10,15,18,26-27H,11-14H2,1-2H3/t18-,23-. The molecule has 0 saturated heterocycles. The molecule has 1 fully saturated rings. The molecule has 3 aromatic rings. The van der Waals surface area contributed by atoms with Gasteiger partial charge in [0.05, 0.1) is 37.4 Å². The van der Waals surface area contributed by atoms with E-state index in [0.29, 0.717) is 31.4 Å². The van der Waals surface area contributed by atoms with E-state index in [0.717, 1.165) is 28.4 Å². The summed E-state index contributed by atoms with van der Waals surface area (Å²) in [6, 6.07) is 17.4. The Bertz CT molecular complexity index is 891. The van der Waals surface area contributed by atoms with Crippen molar-refractivity contribution in [1.29, 1.82) is 0 Å². The van der Waals surface area contributed by atoms with E-state index >= 15 is 0 Å². The Kier molecular flexibility index (Phi) is 5.30. The fourth-order valence-corrected chi connectivity index (χ4v) is 3.83. The molecule has 0 amide bonds. The van der Waals surface area contributed by atoms with Crippen molar-refractivity contribution in [3.05, 3.63) is 60.3 Å². The molecule has 1 saturated carbocycles. The van der Waals surface area contributed by atoms with Gasteiger partial charge in [-0.05, 0) is 80.3 Å². The number of nitrogens with zero attached hydrogens (tertiary/aromatic N) is 2. The molecule has 152 valence electrons. The van der Waals surface area contributed by atoms with Crippen LogP contribution >= 0.6 is 0 Å². The molecule has 1 aliphatic carbocycles. The van der Waals surface area contributed by atoms with Gasteiger partial charge in [0, 0.05) is 5.56 Å². The Labute approximate surface area is 170 Å². The van der Waals surface area contributed by atoms with Crippen LogP contribution in [0.4, 0.5) is 0 Å². The van der Waals surface area contributed by atoms with E-state index in [-0.39, 0.29) is 6.10 Å². The van der Waals surface area contributed by atoms with Crippen molar-refractivity contribution in [2.45, 2.75) is 37.4 Å². The number of ether oxygens (including phenoxy) is 2. The molecule has 0 atom stereocenters. The third kappa shape index (κ3) is 3.86. The van der Waals surface area contributed by atoms with E-state index in [1.807, 2.05) is 59.3 Å². The number of methoxy groups -OCH3 is 2. The van der Waals surface area contributed by atoms with Gasteiger partial charge < -0.3 is 19.7 Å². The van der Waals surface area contributed by atoms with E-state index in [2.05, 4.69) is 0 Å². The number of aliphatic hydroxyl groups is 2. The van der Waals surface area contributed by atoms with Crippen LogP contribution in [0.3, 0.4) is 0 Å². The van der Waals surface area contributed by atoms with Gasteiger partial charge in [-0.2, -0.15) is 5.10 Å². The molecule has 2 aromatic carbocycles. The summed E-state index contributed by atoms with van der Waals surface area (Å²) in [7, 11) is 3.28. The SMILES string of the molecule is COc1ccc(-c2cc([C@]3(O)CC[C@H](O)CC3)nn2-c2ccc(OC)cc2)cc1. The van der Waals surface area contributed by atoms with Crippen molar-refractivity contribution >= 4 is 0 Å². The Morgan fingerprint density at radius 1 is 0.931 bits per heavy atom. The zero-order valence-electron chi connectivity index (χ0n) is 16.7. The van der Waals surface area contributed by atoms with Crippen LogP contribution in [-0.2, 0) is 5.60 Å². The smallest absolute Gasteiger partial charge is 0.119 e. The fraction of sp³-hybridized carbons (Fsp3) is 0.348. The topological polar surface area (TPSA) is 76.7 Å². The average Bonchev–Trinajstić information content (AvgIpc) is 3.22. The second kappa shape index (κ2) is 7.89. The van der Waals surface area contributed by atoms with Crippen LogP contribution < -0.4 is 9.47 Å². The minimum atomic E-state index is -1.03. The Morgan fingerprint density at radius 3 is 2.03 bits per heavy atom. The molecule has 6 heteroatoms. The van der Waals surface area contributed by atoms with E-state index in [1.165, 1.54) is 0 Å². The quantitative estimate of drug-likeness (QED) is 0.690. The normalized spacial score (nSPS) is 21.7. The highest BCUT2D eigenvalue weighted by atomic mass is 16.5. The summed E-state index contributed by atoms with van der Waals surface area (Å²) in [4.78, 5) is 0. The summed E-state index contributed by atoms with van der Waals surface area (Å²) < 4.78 is 12.4. The van der Waals surface area contributed by atoms with Gasteiger partial charge >= 0.3 is 0 Å². The molecule has 0 unspecified atom stereocenters. The van der Waals surface area contributed by atoms with Gasteiger partial charge in [0.1, 0.15) is 17.1 Å². The Morgan fingerprint density at radius 2 is 1.48 bits per heavy atom. The number of aliphatic hydroxyl groups excluding tert-OH is 1. The van der Waals surface area contributed by atoms with Crippen molar-refractivity contribution in [1.82, 2.24) is 9.78 Å². The van der Waals surface area contributed by atoms with Gasteiger partial charge in [0.2, 0.25) is 0 Å². The van der Waals surface area contributed by atoms with E-state index < -0.39 is 5.60 Å². The second-order valence-corrected chi connectivity index (χ2v) is 7.52. The van der Waals surface area contributed by atoms with Crippen LogP contribution in [0.5, 0.6) is 11.5 Å². The maximum Gasteiger partial charge on any atom is 0.119 e. The second-order valence-electron chi connectivity index (χ2n) is 7.52. The summed E-state index contributed by atoms with van der Waals surface area (Å²) in [6.07, 6.45) is 1.79. The Hall–Kier alpha value is -2.83. The molecule has 0 spiro atoms. The number of benzene rings is 2. The monoisotopic (exact) mass is 394 g/mol. The van der Waals surface area contributed by atoms with Gasteiger partial charge in [-0.25, -0.2) is 4.68 Å². The number of aromatic nitrogens is 2. The maximum absolute atomic E-state index is 11.2. The predicted molar refractivity (Wildman–Crippen MR) is 110 cm³/mol. The largest absolute Gasteiger partial charge is 0.497 e. The number of hydrogen-bond acceptors (Lipinski definition) is 5. The Balaban J connectivity index is 1.79. The molecule has 1 aromatic heterocycles. The molecule has 4 rings (SSSR count). The van der Waals surface area contributed by atoms with Gasteiger partial charge in [-0.3, -0.25) is 0 Å². The highest BCUT2D eigenvalue weighted by Gasteiger charge is 2.37. The summed E-state index contributed by atoms with van der Waals surface area (Å²) in [5, 5.41) is 25.9. The minimum absolute atomic E-state index is 0.347. The first-order valence-electron chi connectivity index (χ1n) is 9.82. The van der Waals surface area contributed by atoms with Gasteiger partial charge in [-0.15, -0.1) is 0 Å². The van der Waals surface area contributed by atoms with Crippen LogP contribution in [0.1, 0.15) is 31.4 Å². The summed E-state index contributed by atoms with van der Waals surface area (Å²) in [5.74, 6) is 1.55. The van der Waals surface area contributed by atoms with Crippen LogP contribution in [0, 0.1) is 0 Å². The summed E-state index contributed by atoms with van der Waals surface area (Å²) in [5.41, 5.74) is 2.33. The van der Waals surface area contributed by atoms with E-state index in [9.17, 15) is 10.2 Å². The molecule has 1 aliphatic rings. The van der Waals surface area contributed by atoms with Gasteiger partial charge in [0.25, 0.3) is 0 Å². The predicted octanol–water partition coefficient (Wildman–Crippen LogP) is 3.68. The molecule has 0 bridgehead atoms. The maximum atomic E-state index is 11.2. The zero-order chi connectivity index (χ0) is 20.4. The molecule has 0 aliphatic heterocycles. The van der Waals surface area contributed by atoms with Crippen molar-refractivity contribution < 1.29 is 19.7 Å². The van der Waals surface area contributed by atoms with Crippen LogP contribution in [0.25, 0.3) is 16.9 Å². The first kappa shape index (κ1) is 19.5. The highest BCUT2D eigenvalue weighted by Crippen LogP contribution is 2.39. The molecular formula is C23H26N2O4. The van der Waals surface area contributed by atoms with Crippen molar-refractivity contribution in [2.75, 3.05) is 14.2 Å². The first-order chi connectivity index (χ1) is 14.0. The van der Waals surface area contributed by atoms with E-state index in [4.69, 9.17) is 14.6 Å². The van der Waals surface area contributed by atoms with Gasteiger partial charge in [-0.1, -0.05) is 0 Å². The number of rotatable bonds is 5. The minimum Gasteiger partial charge on any atom is -0.497 e. The van der Waals surface area contributed by atoms with Crippen molar-refractivity contribution in [3.8, 4) is 28.4 Å². The van der Waals surface area contributed by atoms with Crippen LogP contribution in [0.2, 0.25) is 0 Å². The molecular weight excluding hydrogens is 368 g/mol. The van der Waals surface area contributed by atoms with Crippen molar-refractivity contribution in [3.63, 3.8) is 0 Å². The molecule has 29 heavy (non-hydrogen) atoms. The summed E-state index contributed by atoms with van der Waals surface area (Å²) >= 11 is 0. The first-order valence-corrected chi connectivity index (χ1v) is 9.82. The molecule has 1 heterocycles. The third-order valence-electron chi connectivity index (χ3n) is 5.67. The van der Waals surface area contributed by atoms with Crippen LogP contribution in [-0.4, -0.2) is 40.3 Å². The lowest BCUT2D eigenvalue weighted by atomic mass is 9.81. The highest BCUT2D eigenvalue weighted by molar-refractivity contribution is 5.64. The van der Waals surface area contributed by atoms with E-state index in [1.54, 1.807) is 14.2 Å². The molecule has 0 radical (unpaired) electrons. The lowest BCUT2D eigenvalue weighted by molar-refractivity contribution is -0.0393. The summed E-state index contributed by atoms with van der Waals surface area (Å²) in [6.45, 7) is 0.